The SMILES string of the molecule is CC(=O)c1cc(C(F)F)cc(N)c1I. The van der Waals surface area contributed by atoms with Gasteiger partial charge in [0.05, 0.1) is 0 Å². The van der Waals surface area contributed by atoms with Crippen molar-refractivity contribution in [2.45, 2.75) is 13.3 Å². The molecule has 0 aliphatic rings. The van der Waals surface area contributed by atoms with Crippen LogP contribution in [0.25, 0.3) is 0 Å². The van der Waals surface area contributed by atoms with Gasteiger partial charge in [-0.15, -0.1) is 0 Å². The van der Waals surface area contributed by atoms with Crippen LogP contribution in [0.1, 0.15) is 29.3 Å². The number of ketones is 1. The molecule has 0 aliphatic carbocycles. The van der Waals surface area contributed by atoms with Crippen molar-refractivity contribution in [1.82, 2.24) is 0 Å². The second kappa shape index (κ2) is 4.20. The zero-order valence-electron chi connectivity index (χ0n) is 7.35. The smallest absolute Gasteiger partial charge is 0.263 e. The summed E-state index contributed by atoms with van der Waals surface area (Å²) in [5.41, 5.74) is 5.76. The van der Waals surface area contributed by atoms with Crippen molar-refractivity contribution >= 4 is 34.1 Å². The zero-order valence-corrected chi connectivity index (χ0v) is 9.51. The van der Waals surface area contributed by atoms with E-state index in [9.17, 15) is 13.6 Å². The molecule has 2 N–H and O–H groups in total. The lowest BCUT2D eigenvalue weighted by Gasteiger charge is -2.07. The normalized spacial score (nSPS) is 10.6. The number of nitrogen functional groups attached to an aromatic ring is 1. The number of alkyl halides is 2. The summed E-state index contributed by atoms with van der Waals surface area (Å²) >= 11 is 1.87. The Labute approximate surface area is 93.6 Å². The average molecular weight is 311 g/mol. The monoisotopic (exact) mass is 311 g/mol. The fourth-order valence-corrected chi connectivity index (χ4v) is 1.74. The lowest BCUT2D eigenvalue weighted by atomic mass is 10.1. The first-order valence-electron chi connectivity index (χ1n) is 3.81. The number of carbonyl (C=O) groups is 1. The van der Waals surface area contributed by atoms with Crippen molar-refractivity contribution in [2.75, 3.05) is 5.73 Å². The van der Waals surface area contributed by atoms with Crippen LogP contribution in [0.15, 0.2) is 12.1 Å². The van der Waals surface area contributed by atoms with Gasteiger partial charge in [-0.05, 0) is 41.6 Å². The molecule has 0 spiro atoms. The lowest BCUT2D eigenvalue weighted by Crippen LogP contribution is -2.02. The minimum absolute atomic E-state index is 0.215. The number of rotatable bonds is 2. The number of nitrogens with two attached hydrogens (primary N) is 1. The van der Waals surface area contributed by atoms with Crippen LogP contribution in [0.3, 0.4) is 0 Å². The molecule has 2 nitrogen and oxygen atoms in total. The first-order chi connectivity index (χ1) is 6.43. The Morgan fingerprint density at radius 1 is 1.50 bits per heavy atom. The van der Waals surface area contributed by atoms with E-state index in [1.54, 1.807) is 0 Å². The van der Waals surface area contributed by atoms with Crippen LogP contribution >= 0.6 is 22.6 Å². The third-order valence-electron chi connectivity index (χ3n) is 1.75. The Morgan fingerprint density at radius 3 is 2.50 bits per heavy atom. The van der Waals surface area contributed by atoms with Crippen molar-refractivity contribution in [2.24, 2.45) is 0 Å². The summed E-state index contributed by atoms with van der Waals surface area (Å²) in [6, 6.07) is 2.38. The summed E-state index contributed by atoms with van der Waals surface area (Å²) in [7, 11) is 0. The summed E-state index contributed by atoms with van der Waals surface area (Å²) in [5, 5.41) is 0. The molecule has 0 fully saturated rings. The molecule has 0 aromatic heterocycles. The summed E-state index contributed by atoms with van der Waals surface area (Å²) in [6.45, 7) is 1.33. The van der Waals surface area contributed by atoms with Crippen molar-refractivity contribution in [3.05, 3.63) is 26.8 Å². The van der Waals surface area contributed by atoms with Crippen LogP contribution in [0.5, 0.6) is 0 Å². The van der Waals surface area contributed by atoms with Gasteiger partial charge < -0.3 is 5.73 Å². The van der Waals surface area contributed by atoms with Crippen molar-refractivity contribution in [3.8, 4) is 0 Å². The van der Waals surface area contributed by atoms with E-state index in [0.29, 0.717) is 3.57 Å². The standard InChI is InChI=1S/C9H8F2INO/c1-4(14)6-2-5(9(10)11)3-7(13)8(6)12/h2-3,9H,13H2,1H3. The molecule has 0 amide bonds. The predicted molar refractivity (Wildman–Crippen MR) is 58.5 cm³/mol. The predicted octanol–water partition coefficient (Wildman–Crippen LogP) is 3.01. The molecule has 1 aromatic carbocycles. The third kappa shape index (κ3) is 2.20. The summed E-state index contributed by atoms with van der Waals surface area (Å²) < 4.78 is 25.2. The molecule has 0 radical (unpaired) electrons. The number of hydrogen-bond acceptors (Lipinski definition) is 2. The Morgan fingerprint density at radius 2 is 2.07 bits per heavy atom. The summed E-state index contributed by atoms with van der Waals surface area (Å²) in [5.74, 6) is -0.261. The maximum Gasteiger partial charge on any atom is 0.263 e. The Kier molecular flexibility index (Phi) is 3.41. The number of halogens is 3. The maximum atomic E-state index is 12.4. The van der Waals surface area contributed by atoms with E-state index in [0.717, 1.165) is 0 Å². The minimum atomic E-state index is -2.60. The van der Waals surface area contributed by atoms with E-state index in [1.807, 2.05) is 22.6 Å². The van der Waals surface area contributed by atoms with E-state index < -0.39 is 6.43 Å². The molecule has 0 saturated carbocycles. The van der Waals surface area contributed by atoms with Gasteiger partial charge in [-0.3, -0.25) is 4.79 Å². The van der Waals surface area contributed by atoms with Crippen LogP contribution < -0.4 is 5.73 Å². The molecule has 0 atom stereocenters. The highest BCUT2D eigenvalue weighted by molar-refractivity contribution is 14.1. The number of hydrogen-bond donors (Lipinski definition) is 1. The molecule has 0 unspecified atom stereocenters. The van der Waals surface area contributed by atoms with Crippen molar-refractivity contribution in [1.29, 1.82) is 0 Å². The highest BCUT2D eigenvalue weighted by atomic mass is 127. The van der Waals surface area contributed by atoms with Gasteiger partial charge in [-0.25, -0.2) is 8.78 Å². The van der Waals surface area contributed by atoms with E-state index in [1.165, 1.54) is 19.1 Å². The molecule has 0 aliphatic heterocycles. The molecule has 14 heavy (non-hydrogen) atoms. The molecule has 0 heterocycles. The molecule has 1 aromatic rings. The molecule has 1 rings (SSSR count). The highest BCUT2D eigenvalue weighted by Crippen LogP contribution is 2.27. The number of benzene rings is 1. The average Bonchev–Trinajstić information content (AvgIpc) is 2.08. The zero-order chi connectivity index (χ0) is 10.9. The maximum absolute atomic E-state index is 12.4. The first kappa shape index (κ1) is 11.4. The Hall–Kier alpha value is -0.720. The Balaban J connectivity index is 3.35. The van der Waals surface area contributed by atoms with Crippen LogP contribution in [-0.4, -0.2) is 5.78 Å². The van der Waals surface area contributed by atoms with Gasteiger partial charge in [0.15, 0.2) is 5.78 Å². The fourth-order valence-electron chi connectivity index (χ4n) is 1.05. The molecule has 5 heteroatoms. The number of Topliss-reactive ketones (excluding diaryl/α,β-unsaturated/α-hetero) is 1. The van der Waals surface area contributed by atoms with Crippen molar-refractivity contribution < 1.29 is 13.6 Å². The van der Waals surface area contributed by atoms with E-state index in [-0.39, 0.29) is 22.6 Å². The van der Waals surface area contributed by atoms with Gasteiger partial charge in [0.2, 0.25) is 0 Å². The third-order valence-corrected chi connectivity index (χ3v) is 2.96. The van der Waals surface area contributed by atoms with Gasteiger partial charge in [-0.1, -0.05) is 0 Å². The molecular formula is C9H8F2INO. The molecule has 0 bridgehead atoms. The van der Waals surface area contributed by atoms with E-state index in [2.05, 4.69) is 0 Å². The van der Waals surface area contributed by atoms with E-state index >= 15 is 0 Å². The van der Waals surface area contributed by atoms with Gasteiger partial charge in [0, 0.05) is 20.4 Å². The topological polar surface area (TPSA) is 43.1 Å². The fraction of sp³-hybridized carbons (Fsp3) is 0.222. The van der Waals surface area contributed by atoms with Gasteiger partial charge >= 0.3 is 0 Å². The molecular weight excluding hydrogens is 303 g/mol. The largest absolute Gasteiger partial charge is 0.398 e. The first-order valence-corrected chi connectivity index (χ1v) is 4.89. The van der Waals surface area contributed by atoms with Gasteiger partial charge in [0.25, 0.3) is 6.43 Å². The van der Waals surface area contributed by atoms with Crippen LogP contribution in [0, 0.1) is 3.57 Å². The minimum Gasteiger partial charge on any atom is -0.398 e. The van der Waals surface area contributed by atoms with Crippen LogP contribution in [0.2, 0.25) is 0 Å². The van der Waals surface area contributed by atoms with E-state index in [4.69, 9.17) is 5.73 Å². The van der Waals surface area contributed by atoms with Crippen molar-refractivity contribution in [3.63, 3.8) is 0 Å². The second-order valence-corrected chi connectivity index (χ2v) is 3.91. The summed E-state index contributed by atoms with van der Waals surface area (Å²) in [4.78, 5) is 11.1. The molecule has 0 saturated heterocycles. The number of anilines is 1. The summed E-state index contributed by atoms with van der Waals surface area (Å²) in [6.07, 6.45) is -2.60. The molecule has 76 valence electrons. The van der Waals surface area contributed by atoms with Crippen LogP contribution in [0.4, 0.5) is 14.5 Å². The quantitative estimate of drug-likeness (QED) is 0.518. The lowest BCUT2D eigenvalue weighted by molar-refractivity contribution is 0.101. The second-order valence-electron chi connectivity index (χ2n) is 2.83. The highest BCUT2D eigenvalue weighted by Gasteiger charge is 2.14. The van der Waals surface area contributed by atoms with Gasteiger partial charge in [0.1, 0.15) is 0 Å². The number of carbonyl (C=O) groups excluding carboxylic acids is 1. The van der Waals surface area contributed by atoms with Crippen LogP contribution in [-0.2, 0) is 0 Å². The Bertz CT molecular complexity index is 379. The van der Waals surface area contributed by atoms with Gasteiger partial charge in [-0.2, -0.15) is 0 Å².